The average molecular weight is 385 g/mol. The third-order valence-electron chi connectivity index (χ3n) is 2.26. The Kier molecular flexibility index (Phi) is 6.74. The van der Waals surface area contributed by atoms with Crippen molar-refractivity contribution in [2.45, 2.75) is 26.4 Å². The lowest BCUT2D eigenvalue weighted by molar-refractivity contribution is -0.384. The first-order valence-electron chi connectivity index (χ1n) is 6.29. The van der Waals surface area contributed by atoms with Crippen molar-refractivity contribution in [2.24, 2.45) is 0 Å². The zero-order valence-electron chi connectivity index (χ0n) is 12.5. The van der Waals surface area contributed by atoms with E-state index in [0.29, 0.717) is 0 Å². The van der Waals surface area contributed by atoms with E-state index >= 15 is 0 Å². The molecule has 23 heavy (non-hydrogen) atoms. The number of nitro groups is 1. The molecular weight excluding hydrogens is 370 g/mol. The van der Waals surface area contributed by atoms with E-state index in [0.717, 1.165) is 21.7 Å². The van der Waals surface area contributed by atoms with Gasteiger partial charge in [-0.3, -0.25) is 18.6 Å². The van der Waals surface area contributed by atoms with Crippen LogP contribution in [0.3, 0.4) is 0 Å². The molecule has 1 atom stereocenters. The largest absolute Gasteiger partial charge is 0.755 e. The van der Waals surface area contributed by atoms with Crippen molar-refractivity contribution in [3.05, 3.63) is 20.5 Å². The van der Waals surface area contributed by atoms with Gasteiger partial charge in [0.15, 0.2) is 4.34 Å². The lowest BCUT2D eigenvalue weighted by Crippen LogP contribution is -2.38. The predicted molar refractivity (Wildman–Crippen MR) is 86.5 cm³/mol. The molecule has 0 saturated carbocycles. The fourth-order valence-electron chi connectivity index (χ4n) is 1.43. The number of halogens is 1. The first kappa shape index (κ1) is 19.6. The Balaban J connectivity index is 2.70. The first-order valence-corrected chi connectivity index (χ1v) is 8.51. The van der Waals surface area contributed by atoms with E-state index in [4.69, 9.17) is 16.3 Å². The van der Waals surface area contributed by atoms with Crippen LogP contribution in [0.5, 0.6) is 0 Å². The van der Waals surface area contributed by atoms with Gasteiger partial charge in [-0.05, 0) is 20.8 Å². The molecule has 1 rings (SSSR count). The molecule has 0 aliphatic heterocycles. The van der Waals surface area contributed by atoms with Crippen molar-refractivity contribution >= 4 is 51.0 Å². The molecule has 1 aromatic heterocycles. The van der Waals surface area contributed by atoms with E-state index in [1.54, 1.807) is 20.8 Å². The van der Waals surface area contributed by atoms with Crippen molar-refractivity contribution in [1.82, 2.24) is 5.32 Å². The van der Waals surface area contributed by atoms with E-state index < -0.39 is 27.9 Å². The number of ether oxygens (including phenoxy) is 1. The number of carbonyl (C=O) groups is 1. The predicted octanol–water partition coefficient (Wildman–Crippen LogP) is 2.43. The minimum absolute atomic E-state index is 0.0355. The Morgan fingerprint density at radius 1 is 1.57 bits per heavy atom. The number of amides is 1. The van der Waals surface area contributed by atoms with E-state index in [9.17, 15) is 23.7 Å². The molecular formula is C11H15ClN3O6S2-. The first-order chi connectivity index (χ1) is 10.5. The zero-order valence-corrected chi connectivity index (χ0v) is 14.9. The topological polar surface area (TPSA) is 125 Å². The Hall–Kier alpha value is -1.43. The number of nitrogens with one attached hydrogen (secondary N) is 1. The van der Waals surface area contributed by atoms with Gasteiger partial charge >= 0.3 is 11.8 Å². The fourth-order valence-corrected chi connectivity index (χ4v) is 3.31. The molecule has 0 aliphatic rings. The summed E-state index contributed by atoms with van der Waals surface area (Å²) >= 11 is 3.79. The maximum atomic E-state index is 11.5. The number of hydrogen-bond donors (Lipinski definition) is 1. The van der Waals surface area contributed by atoms with Crippen LogP contribution < -0.4 is 9.62 Å². The van der Waals surface area contributed by atoms with Crippen molar-refractivity contribution in [2.75, 3.05) is 17.4 Å². The molecule has 130 valence electrons. The van der Waals surface area contributed by atoms with E-state index in [1.165, 1.54) is 0 Å². The quantitative estimate of drug-likeness (QED) is 0.456. The molecule has 0 fully saturated rings. The van der Waals surface area contributed by atoms with Crippen LogP contribution in [-0.2, 0) is 16.0 Å². The van der Waals surface area contributed by atoms with Crippen LogP contribution in [0.4, 0.5) is 15.5 Å². The van der Waals surface area contributed by atoms with Crippen LogP contribution in [0.1, 0.15) is 20.8 Å². The molecule has 1 aromatic rings. The Labute approximate surface area is 144 Å². The Bertz CT molecular complexity index is 615. The Morgan fingerprint density at radius 3 is 2.61 bits per heavy atom. The lowest BCUT2D eigenvalue weighted by atomic mass is 10.2. The van der Waals surface area contributed by atoms with Gasteiger partial charge in [-0.15, -0.1) is 0 Å². The van der Waals surface area contributed by atoms with E-state index in [-0.39, 0.29) is 28.1 Å². The molecule has 0 saturated heterocycles. The summed E-state index contributed by atoms with van der Waals surface area (Å²) in [4.78, 5) is 21.5. The number of hydrogen-bond acceptors (Lipinski definition) is 7. The van der Waals surface area contributed by atoms with Gasteiger partial charge in [0.2, 0.25) is 0 Å². The van der Waals surface area contributed by atoms with Gasteiger partial charge in [-0.25, -0.2) is 4.79 Å². The number of anilines is 1. The summed E-state index contributed by atoms with van der Waals surface area (Å²) in [5.41, 5.74) is -1.05. The standard InChI is InChI=1S/C11H16ClN3O6S2/c1-11(2,3)21-10(16)13-4-5-14(23(19)20)8-6-7(15(17)18)9(12)22-8/h6H,4-5H2,1-3H3,(H,13,16)(H,19,20)/p-1. The van der Waals surface area contributed by atoms with Crippen molar-refractivity contribution in [1.29, 1.82) is 0 Å². The molecule has 0 radical (unpaired) electrons. The summed E-state index contributed by atoms with van der Waals surface area (Å²) in [6, 6.07) is 1.07. The minimum atomic E-state index is -2.68. The highest BCUT2D eigenvalue weighted by Crippen LogP contribution is 2.39. The van der Waals surface area contributed by atoms with Crippen molar-refractivity contribution < 1.29 is 23.2 Å². The average Bonchev–Trinajstić information content (AvgIpc) is 2.73. The number of carbonyl (C=O) groups excluding carboxylic acids is 1. The second-order valence-electron chi connectivity index (χ2n) is 5.25. The highest BCUT2D eigenvalue weighted by molar-refractivity contribution is 7.81. The molecule has 0 aliphatic carbocycles. The molecule has 12 heteroatoms. The van der Waals surface area contributed by atoms with Crippen LogP contribution >= 0.6 is 22.9 Å². The van der Waals surface area contributed by atoms with E-state index in [2.05, 4.69) is 5.32 Å². The summed E-state index contributed by atoms with van der Waals surface area (Å²) in [6.07, 6.45) is -0.690. The monoisotopic (exact) mass is 384 g/mol. The Morgan fingerprint density at radius 2 is 2.17 bits per heavy atom. The van der Waals surface area contributed by atoms with Crippen LogP contribution in [0.25, 0.3) is 0 Å². The second-order valence-corrected chi connectivity index (χ2v) is 7.76. The summed E-state index contributed by atoms with van der Waals surface area (Å²) in [5, 5.41) is 13.2. The summed E-state index contributed by atoms with van der Waals surface area (Å²) in [6.45, 7) is 4.92. The molecule has 1 N–H and O–H groups in total. The van der Waals surface area contributed by atoms with Crippen LogP contribution in [0.15, 0.2) is 6.07 Å². The highest BCUT2D eigenvalue weighted by Gasteiger charge is 2.22. The number of nitrogens with zero attached hydrogens (tertiary/aromatic N) is 2. The third-order valence-corrected chi connectivity index (χ3v) is 4.48. The SMILES string of the molecule is CC(C)(C)OC(=O)NCCN(c1cc([N+](=O)[O-])c(Cl)s1)S(=O)[O-]. The fraction of sp³-hybridized carbons (Fsp3) is 0.545. The lowest BCUT2D eigenvalue weighted by Gasteiger charge is -2.25. The highest BCUT2D eigenvalue weighted by atomic mass is 35.5. The van der Waals surface area contributed by atoms with Crippen LogP contribution in [0.2, 0.25) is 4.34 Å². The number of thiophene rings is 1. The van der Waals surface area contributed by atoms with Gasteiger partial charge in [0, 0.05) is 24.4 Å². The van der Waals surface area contributed by atoms with Crippen LogP contribution in [-0.4, -0.2) is 38.5 Å². The molecule has 1 unspecified atom stereocenters. The second kappa shape index (κ2) is 7.90. The third kappa shape index (κ3) is 6.29. The molecule has 9 nitrogen and oxygen atoms in total. The van der Waals surface area contributed by atoms with Gasteiger partial charge in [0.1, 0.15) is 10.6 Å². The molecule has 0 aromatic carbocycles. The molecule has 0 spiro atoms. The smallest absolute Gasteiger partial charge is 0.407 e. The maximum Gasteiger partial charge on any atom is 0.407 e. The number of alkyl carbamates (subject to hydrolysis) is 1. The number of rotatable bonds is 6. The molecule has 1 heterocycles. The molecule has 0 bridgehead atoms. The van der Waals surface area contributed by atoms with Gasteiger partial charge in [-0.1, -0.05) is 22.9 Å². The van der Waals surface area contributed by atoms with Gasteiger partial charge in [-0.2, -0.15) is 0 Å². The summed E-state index contributed by atoms with van der Waals surface area (Å²) < 4.78 is 28.3. The van der Waals surface area contributed by atoms with E-state index in [1.807, 2.05) is 0 Å². The summed E-state index contributed by atoms with van der Waals surface area (Å²) in [5.74, 6) is 0. The summed E-state index contributed by atoms with van der Waals surface area (Å²) in [7, 11) is 0. The zero-order chi connectivity index (χ0) is 17.8. The van der Waals surface area contributed by atoms with Crippen molar-refractivity contribution in [3.8, 4) is 0 Å². The van der Waals surface area contributed by atoms with Gasteiger partial charge in [0.25, 0.3) is 0 Å². The normalized spacial score (nSPS) is 12.6. The van der Waals surface area contributed by atoms with Gasteiger partial charge in [0.05, 0.1) is 11.0 Å². The minimum Gasteiger partial charge on any atom is -0.755 e. The van der Waals surface area contributed by atoms with Gasteiger partial charge < -0.3 is 14.6 Å². The van der Waals surface area contributed by atoms with Crippen LogP contribution in [0, 0.1) is 10.1 Å². The maximum absolute atomic E-state index is 11.5. The molecule has 1 amide bonds. The van der Waals surface area contributed by atoms with Crippen molar-refractivity contribution in [3.63, 3.8) is 0 Å².